The molecule has 4 aromatic rings. The molecule has 0 radical (unpaired) electrons. The number of aryl methyl sites for hydroxylation is 2. The summed E-state index contributed by atoms with van der Waals surface area (Å²) >= 11 is 0. The number of fused-ring (bicyclic) bond motifs is 2. The van der Waals surface area contributed by atoms with Crippen LogP contribution in [0.25, 0.3) is 27.5 Å². The molecule has 3 heteroatoms. The highest BCUT2D eigenvalue weighted by Gasteiger charge is 2.12. The maximum atomic E-state index is 4.40. The van der Waals surface area contributed by atoms with Crippen LogP contribution in [0.2, 0.25) is 0 Å². The second-order valence-electron chi connectivity index (χ2n) is 5.18. The third kappa shape index (κ3) is 1.43. The highest BCUT2D eigenvalue weighted by atomic mass is 15.2. The second kappa shape index (κ2) is 3.97. The van der Waals surface area contributed by atoms with Gasteiger partial charge in [0, 0.05) is 30.4 Å². The van der Waals surface area contributed by atoms with Gasteiger partial charge in [-0.2, -0.15) is 5.10 Å². The van der Waals surface area contributed by atoms with Crippen molar-refractivity contribution in [1.29, 1.82) is 0 Å². The van der Waals surface area contributed by atoms with E-state index < -0.39 is 0 Å². The lowest BCUT2D eigenvalue weighted by atomic mass is 9.97. The summed E-state index contributed by atoms with van der Waals surface area (Å²) in [5, 5.41) is 5.61. The molecule has 1 aromatic carbocycles. The van der Waals surface area contributed by atoms with Gasteiger partial charge in [-0.25, -0.2) is 0 Å². The molecule has 0 aliphatic heterocycles. The lowest BCUT2D eigenvalue weighted by molar-refractivity contribution is 0.797. The van der Waals surface area contributed by atoms with Crippen LogP contribution in [0.5, 0.6) is 0 Å². The second-order valence-corrected chi connectivity index (χ2v) is 5.18. The van der Waals surface area contributed by atoms with E-state index in [-0.39, 0.29) is 0 Å². The molecule has 0 atom stereocenters. The third-order valence-corrected chi connectivity index (χ3v) is 3.97. The van der Waals surface area contributed by atoms with Crippen molar-refractivity contribution in [2.45, 2.75) is 6.92 Å². The quantitative estimate of drug-likeness (QED) is 0.511. The maximum absolute atomic E-state index is 4.40. The van der Waals surface area contributed by atoms with E-state index in [0.29, 0.717) is 0 Å². The average molecular weight is 261 g/mol. The van der Waals surface area contributed by atoms with E-state index in [1.165, 1.54) is 33.1 Å². The van der Waals surface area contributed by atoms with Crippen LogP contribution in [0.1, 0.15) is 5.56 Å². The Balaban J connectivity index is 2.17. The van der Waals surface area contributed by atoms with E-state index in [1.54, 1.807) is 0 Å². The summed E-state index contributed by atoms with van der Waals surface area (Å²) in [6.45, 7) is 2.16. The smallest absolute Gasteiger partial charge is 0.0685 e. The summed E-state index contributed by atoms with van der Waals surface area (Å²) in [5.41, 5.74) is 6.21. The summed E-state index contributed by atoms with van der Waals surface area (Å²) in [6.07, 6.45) is 6.12. The summed E-state index contributed by atoms with van der Waals surface area (Å²) in [7, 11) is 1.99. The molecule has 3 nitrogen and oxygen atoms in total. The number of pyridine rings is 1. The third-order valence-electron chi connectivity index (χ3n) is 3.97. The monoisotopic (exact) mass is 261 g/mol. The first-order valence-electron chi connectivity index (χ1n) is 6.73. The molecule has 0 saturated carbocycles. The minimum atomic E-state index is 1.17. The molecule has 0 unspecified atom stereocenters. The first-order valence-corrected chi connectivity index (χ1v) is 6.73. The molecule has 0 spiro atoms. The van der Waals surface area contributed by atoms with Gasteiger partial charge in [-0.3, -0.25) is 4.68 Å². The number of rotatable bonds is 1. The molecule has 0 aliphatic rings. The zero-order chi connectivity index (χ0) is 13.7. The molecule has 4 rings (SSSR count). The predicted octanol–water partition coefficient (Wildman–Crippen LogP) is 3.80. The maximum Gasteiger partial charge on any atom is 0.0685 e. The number of hydrogen-bond acceptors (Lipinski definition) is 1. The summed E-state index contributed by atoms with van der Waals surface area (Å²) in [6, 6.07) is 12.8. The van der Waals surface area contributed by atoms with Crippen molar-refractivity contribution in [3.8, 4) is 11.1 Å². The van der Waals surface area contributed by atoms with Crippen molar-refractivity contribution in [2.24, 2.45) is 7.05 Å². The van der Waals surface area contributed by atoms with Gasteiger partial charge in [0.1, 0.15) is 0 Å². The van der Waals surface area contributed by atoms with E-state index in [2.05, 4.69) is 65.2 Å². The number of nitrogens with zero attached hydrogens (tertiary/aromatic N) is 3. The lowest BCUT2D eigenvalue weighted by Gasteiger charge is -2.10. The van der Waals surface area contributed by atoms with E-state index in [4.69, 9.17) is 0 Å². The zero-order valence-electron chi connectivity index (χ0n) is 11.5. The van der Waals surface area contributed by atoms with Crippen molar-refractivity contribution in [1.82, 2.24) is 14.2 Å². The average Bonchev–Trinajstić information content (AvgIpc) is 3.06. The Kier molecular flexibility index (Phi) is 2.24. The highest BCUT2D eigenvalue weighted by molar-refractivity contribution is 6.00. The first kappa shape index (κ1) is 11.3. The first-order chi connectivity index (χ1) is 9.75. The molecule has 0 amide bonds. The van der Waals surface area contributed by atoms with Crippen LogP contribution in [-0.4, -0.2) is 14.2 Å². The van der Waals surface area contributed by atoms with Gasteiger partial charge in [-0.15, -0.1) is 0 Å². The van der Waals surface area contributed by atoms with Crippen LogP contribution in [-0.2, 0) is 7.05 Å². The Morgan fingerprint density at radius 1 is 0.950 bits per heavy atom. The molecule has 0 aliphatic carbocycles. The van der Waals surface area contributed by atoms with E-state index in [1.807, 2.05) is 17.9 Å². The van der Waals surface area contributed by atoms with Crippen molar-refractivity contribution >= 4 is 16.4 Å². The summed E-state index contributed by atoms with van der Waals surface area (Å²) in [4.78, 5) is 0. The standard InChI is InChI=1S/C17H15N3/c1-12-7-8-15-14(11-18-19(15)2)17(12)13-5-3-9-20-10-4-6-16(13)20/h3-11H,1-2H3. The number of aromatic nitrogens is 3. The molecule has 0 fully saturated rings. The molecule has 0 saturated heterocycles. The normalized spacial score (nSPS) is 11.5. The van der Waals surface area contributed by atoms with Crippen LogP contribution in [0, 0.1) is 6.92 Å². The van der Waals surface area contributed by atoms with E-state index >= 15 is 0 Å². The molecule has 0 N–H and O–H groups in total. The van der Waals surface area contributed by atoms with Gasteiger partial charge in [0.2, 0.25) is 0 Å². The molecule has 3 aromatic heterocycles. The van der Waals surface area contributed by atoms with Crippen molar-refractivity contribution < 1.29 is 0 Å². The molecular weight excluding hydrogens is 246 g/mol. The number of hydrogen-bond donors (Lipinski definition) is 0. The minimum absolute atomic E-state index is 1.17. The van der Waals surface area contributed by atoms with Crippen LogP contribution < -0.4 is 0 Å². The Hall–Kier alpha value is -2.55. The van der Waals surface area contributed by atoms with Crippen LogP contribution in [0.15, 0.2) is 55.0 Å². The van der Waals surface area contributed by atoms with Gasteiger partial charge >= 0.3 is 0 Å². The lowest BCUT2D eigenvalue weighted by Crippen LogP contribution is -1.91. The molecule has 0 bridgehead atoms. The van der Waals surface area contributed by atoms with Crippen LogP contribution in [0.3, 0.4) is 0 Å². The zero-order valence-corrected chi connectivity index (χ0v) is 11.5. The Morgan fingerprint density at radius 3 is 2.60 bits per heavy atom. The van der Waals surface area contributed by atoms with Crippen molar-refractivity contribution in [2.75, 3.05) is 0 Å². The summed E-state index contributed by atoms with van der Waals surface area (Å²) in [5.74, 6) is 0. The highest BCUT2D eigenvalue weighted by Crippen LogP contribution is 2.34. The fraction of sp³-hybridized carbons (Fsp3) is 0.118. The van der Waals surface area contributed by atoms with E-state index in [0.717, 1.165) is 0 Å². The number of benzene rings is 1. The molecule has 98 valence electrons. The largest absolute Gasteiger partial charge is 0.323 e. The fourth-order valence-electron chi connectivity index (χ4n) is 2.98. The Morgan fingerprint density at radius 2 is 1.75 bits per heavy atom. The SMILES string of the molecule is Cc1ccc2c(cnn2C)c1-c1cccn2cccc12. The van der Waals surface area contributed by atoms with Gasteiger partial charge in [0.25, 0.3) is 0 Å². The van der Waals surface area contributed by atoms with E-state index in [9.17, 15) is 0 Å². The Labute approximate surface area is 117 Å². The van der Waals surface area contributed by atoms with Crippen molar-refractivity contribution in [3.05, 3.63) is 60.6 Å². The fourth-order valence-corrected chi connectivity index (χ4v) is 2.98. The Bertz CT molecular complexity index is 928. The molecular formula is C17H15N3. The van der Waals surface area contributed by atoms with Crippen LogP contribution >= 0.6 is 0 Å². The van der Waals surface area contributed by atoms with Crippen LogP contribution in [0.4, 0.5) is 0 Å². The van der Waals surface area contributed by atoms with Gasteiger partial charge in [0.05, 0.1) is 17.2 Å². The molecule has 20 heavy (non-hydrogen) atoms. The topological polar surface area (TPSA) is 22.2 Å². The predicted molar refractivity (Wildman–Crippen MR) is 81.8 cm³/mol. The van der Waals surface area contributed by atoms with Gasteiger partial charge in [-0.1, -0.05) is 12.1 Å². The van der Waals surface area contributed by atoms with Crippen molar-refractivity contribution in [3.63, 3.8) is 0 Å². The molecule has 3 heterocycles. The van der Waals surface area contributed by atoms with Gasteiger partial charge < -0.3 is 4.40 Å². The minimum Gasteiger partial charge on any atom is -0.323 e. The van der Waals surface area contributed by atoms with Gasteiger partial charge in [0.15, 0.2) is 0 Å². The summed E-state index contributed by atoms with van der Waals surface area (Å²) < 4.78 is 4.08. The van der Waals surface area contributed by atoms with Gasteiger partial charge in [-0.05, 0) is 42.3 Å².